The van der Waals surface area contributed by atoms with E-state index in [1.807, 2.05) is 0 Å². The summed E-state index contributed by atoms with van der Waals surface area (Å²) in [5.74, 6) is 0.325. The summed E-state index contributed by atoms with van der Waals surface area (Å²) < 4.78 is 4.76. The number of nitrogens with zero attached hydrogens (tertiary/aromatic N) is 1. The van der Waals surface area contributed by atoms with Crippen molar-refractivity contribution in [1.82, 2.24) is 9.97 Å². The second-order valence-corrected chi connectivity index (χ2v) is 4.42. The van der Waals surface area contributed by atoms with Crippen LogP contribution in [0.4, 0.5) is 0 Å². The van der Waals surface area contributed by atoms with Crippen LogP contribution in [0.5, 0.6) is 0 Å². The maximum absolute atomic E-state index is 11.4. The molecule has 5 heteroatoms. The quantitative estimate of drug-likeness (QED) is 0.606. The zero-order valence-corrected chi connectivity index (χ0v) is 8.71. The molecule has 0 radical (unpaired) electrons. The molecule has 0 aromatic carbocycles. The lowest BCUT2D eigenvalue weighted by Gasteiger charge is -2.10. The molecular formula is C9H12N2O2S. The predicted molar refractivity (Wildman–Crippen MR) is 53.0 cm³/mol. The van der Waals surface area contributed by atoms with Crippen LogP contribution in [-0.4, -0.2) is 28.3 Å². The summed E-state index contributed by atoms with van der Waals surface area (Å²) in [6.45, 7) is 0. The van der Waals surface area contributed by atoms with Gasteiger partial charge in [-0.05, 0) is 18.8 Å². The molecule has 76 valence electrons. The monoisotopic (exact) mass is 212 g/mol. The van der Waals surface area contributed by atoms with Crippen LogP contribution in [0.15, 0.2) is 17.6 Å². The molecule has 1 N–H and O–H groups in total. The summed E-state index contributed by atoms with van der Waals surface area (Å²) >= 11 is 1.46. The van der Waals surface area contributed by atoms with E-state index >= 15 is 0 Å². The number of methoxy groups -OCH3 is 1. The Hall–Kier alpha value is -0.970. The number of hydrogen-bond donors (Lipinski definition) is 1. The molecule has 0 saturated heterocycles. The van der Waals surface area contributed by atoms with Gasteiger partial charge in [-0.1, -0.05) is 11.8 Å². The SMILES string of the molecule is COC(=O)C(Sc1ncc[nH]1)C1CC1. The number of thioether (sulfide) groups is 1. The zero-order valence-electron chi connectivity index (χ0n) is 7.90. The largest absolute Gasteiger partial charge is 0.468 e. The summed E-state index contributed by atoms with van der Waals surface area (Å²) in [6.07, 6.45) is 5.67. The third-order valence-electron chi connectivity index (χ3n) is 2.20. The lowest BCUT2D eigenvalue weighted by molar-refractivity contribution is -0.140. The standard InChI is InChI=1S/C9H12N2O2S/c1-13-8(12)7(6-2-3-6)14-9-10-4-5-11-9/h4-7H,2-3H2,1H3,(H,10,11). The maximum Gasteiger partial charge on any atom is 0.319 e. The molecule has 0 amide bonds. The van der Waals surface area contributed by atoms with Crippen molar-refractivity contribution in [1.29, 1.82) is 0 Å². The summed E-state index contributed by atoms with van der Waals surface area (Å²) in [4.78, 5) is 18.5. The fourth-order valence-electron chi connectivity index (χ4n) is 1.29. The number of carbonyl (C=O) groups excluding carboxylic acids is 1. The minimum absolute atomic E-state index is 0.0915. The van der Waals surface area contributed by atoms with Crippen molar-refractivity contribution in [2.45, 2.75) is 23.2 Å². The van der Waals surface area contributed by atoms with E-state index in [9.17, 15) is 4.79 Å². The van der Waals surface area contributed by atoms with Crippen LogP contribution < -0.4 is 0 Å². The Balaban J connectivity index is 2.00. The van der Waals surface area contributed by atoms with E-state index in [1.165, 1.54) is 18.9 Å². The summed E-state index contributed by atoms with van der Waals surface area (Å²) in [5, 5.41) is 0.693. The van der Waals surface area contributed by atoms with Crippen molar-refractivity contribution in [3.63, 3.8) is 0 Å². The van der Waals surface area contributed by atoms with Crippen molar-refractivity contribution in [3.05, 3.63) is 12.4 Å². The van der Waals surface area contributed by atoms with Crippen molar-refractivity contribution < 1.29 is 9.53 Å². The number of ether oxygens (including phenoxy) is 1. The number of hydrogen-bond acceptors (Lipinski definition) is 4. The molecule has 0 aliphatic heterocycles. The van der Waals surface area contributed by atoms with Gasteiger partial charge in [-0.2, -0.15) is 0 Å². The molecule has 1 atom stereocenters. The summed E-state index contributed by atoms with van der Waals surface area (Å²) in [7, 11) is 1.43. The molecule has 1 aromatic rings. The average molecular weight is 212 g/mol. The first-order valence-corrected chi connectivity index (χ1v) is 5.43. The molecule has 1 saturated carbocycles. The minimum atomic E-state index is -0.145. The number of H-pyrrole nitrogens is 1. The molecule has 1 unspecified atom stereocenters. The van der Waals surface area contributed by atoms with Crippen molar-refractivity contribution >= 4 is 17.7 Å². The van der Waals surface area contributed by atoms with Crippen LogP contribution in [0.25, 0.3) is 0 Å². The highest BCUT2D eigenvalue weighted by Gasteiger charge is 2.38. The van der Waals surface area contributed by atoms with Crippen LogP contribution in [0.3, 0.4) is 0 Å². The smallest absolute Gasteiger partial charge is 0.319 e. The first kappa shape index (κ1) is 9.58. The molecule has 1 aromatic heterocycles. The Kier molecular flexibility index (Phi) is 2.77. The van der Waals surface area contributed by atoms with Crippen molar-refractivity contribution in [2.75, 3.05) is 7.11 Å². The Bertz CT molecular complexity index is 309. The molecule has 1 fully saturated rings. The van der Waals surface area contributed by atoms with Crippen molar-refractivity contribution in [2.24, 2.45) is 5.92 Å². The van der Waals surface area contributed by atoms with Gasteiger partial charge in [-0.3, -0.25) is 4.79 Å². The van der Waals surface area contributed by atoms with Gasteiger partial charge in [-0.15, -0.1) is 0 Å². The topological polar surface area (TPSA) is 55.0 Å². The van der Waals surface area contributed by atoms with Gasteiger partial charge in [0.15, 0.2) is 5.16 Å². The highest BCUT2D eigenvalue weighted by atomic mass is 32.2. The molecule has 0 bridgehead atoms. The average Bonchev–Trinajstić information content (AvgIpc) is 2.92. The molecule has 0 spiro atoms. The Morgan fingerprint density at radius 1 is 1.79 bits per heavy atom. The third-order valence-corrected chi connectivity index (χ3v) is 3.47. The van der Waals surface area contributed by atoms with E-state index < -0.39 is 0 Å². The third kappa shape index (κ3) is 2.09. The maximum atomic E-state index is 11.4. The predicted octanol–water partition coefficient (Wildman–Crippen LogP) is 1.45. The highest BCUT2D eigenvalue weighted by molar-refractivity contribution is 8.00. The fourth-order valence-corrected chi connectivity index (χ4v) is 2.44. The highest BCUT2D eigenvalue weighted by Crippen LogP contribution is 2.41. The number of aromatic nitrogens is 2. The second kappa shape index (κ2) is 4.04. The minimum Gasteiger partial charge on any atom is -0.468 e. The molecule has 1 aliphatic rings. The fraction of sp³-hybridized carbons (Fsp3) is 0.556. The number of aromatic amines is 1. The Labute approximate surface area is 86.4 Å². The Morgan fingerprint density at radius 2 is 2.57 bits per heavy atom. The van der Waals surface area contributed by atoms with E-state index in [2.05, 4.69) is 9.97 Å². The van der Waals surface area contributed by atoms with Crippen LogP contribution >= 0.6 is 11.8 Å². The van der Waals surface area contributed by atoms with Crippen LogP contribution in [-0.2, 0) is 9.53 Å². The van der Waals surface area contributed by atoms with Crippen LogP contribution in [0, 0.1) is 5.92 Å². The lowest BCUT2D eigenvalue weighted by atomic mass is 10.3. The second-order valence-electron chi connectivity index (χ2n) is 3.29. The van der Waals surface area contributed by atoms with Gasteiger partial charge >= 0.3 is 5.97 Å². The first-order chi connectivity index (χ1) is 6.81. The molecular weight excluding hydrogens is 200 g/mol. The van der Waals surface area contributed by atoms with E-state index in [4.69, 9.17) is 4.74 Å². The number of carbonyl (C=O) groups is 1. The Morgan fingerprint density at radius 3 is 3.07 bits per heavy atom. The van der Waals surface area contributed by atoms with Gasteiger partial charge in [0.25, 0.3) is 0 Å². The van der Waals surface area contributed by atoms with Crippen LogP contribution in [0.2, 0.25) is 0 Å². The number of rotatable bonds is 4. The number of nitrogens with one attached hydrogen (secondary N) is 1. The molecule has 1 aliphatic carbocycles. The molecule has 2 rings (SSSR count). The van der Waals surface area contributed by atoms with E-state index in [1.54, 1.807) is 12.4 Å². The van der Waals surface area contributed by atoms with Crippen LogP contribution in [0.1, 0.15) is 12.8 Å². The number of imidazole rings is 1. The molecule has 4 nitrogen and oxygen atoms in total. The normalized spacial score (nSPS) is 17.8. The van der Waals surface area contributed by atoms with Gasteiger partial charge in [0.1, 0.15) is 5.25 Å². The first-order valence-electron chi connectivity index (χ1n) is 4.55. The van der Waals surface area contributed by atoms with Gasteiger partial charge in [-0.25, -0.2) is 4.98 Å². The van der Waals surface area contributed by atoms with Gasteiger partial charge in [0.2, 0.25) is 0 Å². The van der Waals surface area contributed by atoms with Crippen molar-refractivity contribution in [3.8, 4) is 0 Å². The molecule has 1 heterocycles. The lowest BCUT2D eigenvalue weighted by Crippen LogP contribution is -2.21. The van der Waals surface area contributed by atoms with Gasteiger partial charge < -0.3 is 9.72 Å². The summed E-state index contributed by atoms with van der Waals surface area (Å²) in [5.41, 5.74) is 0. The van der Waals surface area contributed by atoms with E-state index in [-0.39, 0.29) is 11.2 Å². The zero-order chi connectivity index (χ0) is 9.97. The van der Waals surface area contributed by atoms with E-state index in [0.29, 0.717) is 5.92 Å². The van der Waals surface area contributed by atoms with Gasteiger partial charge in [0.05, 0.1) is 7.11 Å². The molecule has 14 heavy (non-hydrogen) atoms. The number of esters is 1. The summed E-state index contributed by atoms with van der Waals surface area (Å²) in [6, 6.07) is 0. The van der Waals surface area contributed by atoms with E-state index in [0.717, 1.165) is 18.0 Å². The van der Waals surface area contributed by atoms with Gasteiger partial charge in [0, 0.05) is 12.4 Å².